The summed E-state index contributed by atoms with van der Waals surface area (Å²) in [5, 5.41) is 9.27. The number of carbonyl (C=O) groups excluding carboxylic acids is 1. The van der Waals surface area contributed by atoms with Gasteiger partial charge in [-0.25, -0.2) is 0 Å². The Morgan fingerprint density at radius 3 is 2.59 bits per heavy atom. The smallest absolute Gasteiger partial charge is 0.416 e. The molecule has 1 fully saturated rings. The van der Waals surface area contributed by atoms with Crippen LogP contribution in [0.25, 0.3) is 17.4 Å². The summed E-state index contributed by atoms with van der Waals surface area (Å²) in [5.41, 5.74) is -0.641. The van der Waals surface area contributed by atoms with E-state index in [1.807, 2.05) is 6.07 Å². The Kier molecular flexibility index (Phi) is 5.33. The molecule has 140 valence electrons. The maximum Gasteiger partial charge on any atom is 0.416 e. The van der Waals surface area contributed by atoms with Gasteiger partial charge in [0.05, 0.1) is 18.8 Å². The van der Waals surface area contributed by atoms with Crippen molar-refractivity contribution in [3.63, 3.8) is 0 Å². The summed E-state index contributed by atoms with van der Waals surface area (Å²) < 4.78 is 49.2. The molecular weight excluding hydrogens is 361 g/mol. The molecule has 1 aliphatic heterocycles. The predicted octanol–water partition coefficient (Wildman–Crippen LogP) is 3.73. The van der Waals surface area contributed by atoms with E-state index < -0.39 is 17.6 Å². The zero-order valence-electron chi connectivity index (χ0n) is 14.1. The number of morpholine rings is 1. The van der Waals surface area contributed by atoms with Crippen molar-refractivity contribution < 1.29 is 27.1 Å². The molecule has 1 aliphatic rings. The normalized spacial score (nSPS) is 15.5. The van der Waals surface area contributed by atoms with E-state index in [0.29, 0.717) is 26.3 Å². The van der Waals surface area contributed by atoms with Gasteiger partial charge in [-0.1, -0.05) is 12.1 Å². The van der Waals surface area contributed by atoms with Gasteiger partial charge in [-0.2, -0.15) is 18.4 Å². The number of nitriles is 1. The van der Waals surface area contributed by atoms with E-state index in [1.54, 1.807) is 0 Å². The third-order valence-corrected chi connectivity index (χ3v) is 4.04. The van der Waals surface area contributed by atoms with Crippen molar-refractivity contribution in [3.05, 3.63) is 53.3 Å². The number of nitrogens with zero attached hydrogens (tertiary/aromatic N) is 2. The molecule has 1 aromatic carbocycles. The van der Waals surface area contributed by atoms with Crippen molar-refractivity contribution >= 4 is 12.0 Å². The second-order valence-electron chi connectivity index (χ2n) is 5.85. The number of carbonyl (C=O) groups is 1. The summed E-state index contributed by atoms with van der Waals surface area (Å²) in [7, 11) is 0. The van der Waals surface area contributed by atoms with Gasteiger partial charge in [-0.05, 0) is 24.3 Å². The largest absolute Gasteiger partial charge is 0.457 e. The van der Waals surface area contributed by atoms with E-state index >= 15 is 0 Å². The minimum Gasteiger partial charge on any atom is -0.457 e. The Bertz CT molecular complexity index is 903. The number of hydrogen-bond donors (Lipinski definition) is 0. The third-order valence-electron chi connectivity index (χ3n) is 4.04. The molecule has 0 radical (unpaired) electrons. The summed E-state index contributed by atoms with van der Waals surface area (Å²) in [6.07, 6.45) is -3.17. The highest BCUT2D eigenvalue weighted by atomic mass is 19.4. The standard InChI is InChI=1S/C19H15F3N2O3/c20-19(21,22)15-3-1-2-13(10-15)17-5-4-16(27-17)11-14(12-23)18(25)24-6-8-26-9-7-24/h1-5,10-11H,6-9H2. The molecule has 0 saturated carbocycles. The predicted molar refractivity (Wildman–Crippen MR) is 90.1 cm³/mol. The van der Waals surface area contributed by atoms with Crippen LogP contribution in [0.5, 0.6) is 0 Å². The number of ether oxygens (including phenoxy) is 1. The highest BCUT2D eigenvalue weighted by Gasteiger charge is 2.30. The summed E-state index contributed by atoms with van der Waals surface area (Å²) in [6, 6.07) is 9.58. The van der Waals surface area contributed by atoms with Gasteiger partial charge in [0, 0.05) is 24.7 Å². The monoisotopic (exact) mass is 376 g/mol. The van der Waals surface area contributed by atoms with Crippen LogP contribution in [-0.4, -0.2) is 37.1 Å². The first-order valence-corrected chi connectivity index (χ1v) is 8.15. The lowest BCUT2D eigenvalue weighted by Gasteiger charge is -2.26. The van der Waals surface area contributed by atoms with E-state index in [4.69, 9.17) is 9.15 Å². The van der Waals surface area contributed by atoms with Gasteiger partial charge in [-0.3, -0.25) is 4.79 Å². The maximum absolute atomic E-state index is 12.8. The molecule has 0 atom stereocenters. The average Bonchev–Trinajstić information content (AvgIpc) is 3.14. The molecule has 0 N–H and O–H groups in total. The Morgan fingerprint density at radius 2 is 1.93 bits per heavy atom. The lowest BCUT2D eigenvalue weighted by Crippen LogP contribution is -2.41. The van der Waals surface area contributed by atoms with Crippen molar-refractivity contribution in [2.45, 2.75) is 6.18 Å². The zero-order chi connectivity index (χ0) is 19.4. The van der Waals surface area contributed by atoms with Crippen molar-refractivity contribution in [3.8, 4) is 17.4 Å². The molecule has 8 heteroatoms. The number of furan rings is 1. The van der Waals surface area contributed by atoms with Gasteiger partial charge < -0.3 is 14.1 Å². The van der Waals surface area contributed by atoms with Crippen LogP contribution in [0.15, 0.2) is 46.4 Å². The van der Waals surface area contributed by atoms with Crippen LogP contribution in [0.1, 0.15) is 11.3 Å². The molecule has 0 bridgehead atoms. The number of alkyl halides is 3. The number of rotatable bonds is 3. The second kappa shape index (κ2) is 7.68. The summed E-state index contributed by atoms with van der Waals surface area (Å²) >= 11 is 0. The molecule has 0 spiro atoms. The van der Waals surface area contributed by atoms with Crippen molar-refractivity contribution in [1.29, 1.82) is 5.26 Å². The molecule has 0 aliphatic carbocycles. The van der Waals surface area contributed by atoms with Crippen LogP contribution in [0.3, 0.4) is 0 Å². The van der Waals surface area contributed by atoms with Crippen molar-refractivity contribution in [2.75, 3.05) is 26.3 Å². The van der Waals surface area contributed by atoms with E-state index in [-0.39, 0.29) is 22.7 Å². The number of amides is 1. The minimum absolute atomic E-state index is 0.109. The van der Waals surface area contributed by atoms with E-state index in [1.165, 1.54) is 35.2 Å². The summed E-state index contributed by atoms with van der Waals surface area (Å²) in [6.45, 7) is 1.60. The first-order chi connectivity index (χ1) is 12.9. The Labute approximate surface area is 153 Å². The molecule has 5 nitrogen and oxygen atoms in total. The lowest BCUT2D eigenvalue weighted by atomic mass is 10.1. The van der Waals surface area contributed by atoms with Crippen LogP contribution in [0.2, 0.25) is 0 Å². The topological polar surface area (TPSA) is 66.5 Å². The first-order valence-electron chi connectivity index (χ1n) is 8.15. The van der Waals surface area contributed by atoms with E-state index in [2.05, 4.69) is 0 Å². The van der Waals surface area contributed by atoms with Gasteiger partial charge >= 0.3 is 6.18 Å². The number of benzene rings is 1. The van der Waals surface area contributed by atoms with Gasteiger partial charge in [0.25, 0.3) is 5.91 Å². The maximum atomic E-state index is 12.8. The number of halogens is 3. The second-order valence-corrected chi connectivity index (χ2v) is 5.85. The van der Waals surface area contributed by atoms with E-state index in [0.717, 1.165) is 12.1 Å². The Balaban J connectivity index is 1.83. The Morgan fingerprint density at radius 1 is 1.19 bits per heavy atom. The summed E-state index contributed by atoms with van der Waals surface area (Å²) in [4.78, 5) is 13.9. The minimum atomic E-state index is -4.45. The molecule has 3 rings (SSSR count). The van der Waals surface area contributed by atoms with Gasteiger partial charge in [-0.15, -0.1) is 0 Å². The third kappa shape index (κ3) is 4.38. The van der Waals surface area contributed by atoms with Gasteiger partial charge in [0.2, 0.25) is 0 Å². The molecule has 2 heterocycles. The fourth-order valence-corrected chi connectivity index (χ4v) is 2.66. The number of hydrogen-bond acceptors (Lipinski definition) is 4. The van der Waals surface area contributed by atoms with Gasteiger partial charge in [0.1, 0.15) is 23.2 Å². The Hall–Kier alpha value is -3.05. The molecule has 2 aromatic rings. The zero-order valence-corrected chi connectivity index (χ0v) is 14.1. The quantitative estimate of drug-likeness (QED) is 0.605. The van der Waals surface area contributed by atoms with Crippen LogP contribution in [-0.2, 0) is 15.7 Å². The fourth-order valence-electron chi connectivity index (χ4n) is 2.66. The first kappa shape index (κ1) is 18.7. The van der Waals surface area contributed by atoms with Crippen LogP contribution < -0.4 is 0 Å². The van der Waals surface area contributed by atoms with Crippen LogP contribution in [0.4, 0.5) is 13.2 Å². The molecule has 1 amide bonds. The summed E-state index contributed by atoms with van der Waals surface area (Å²) in [5.74, 6) is -0.0122. The molecule has 27 heavy (non-hydrogen) atoms. The van der Waals surface area contributed by atoms with Crippen molar-refractivity contribution in [1.82, 2.24) is 4.90 Å². The highest BCUT2D eigenvalue weighted by molar-refractivity contribution is 6.01. The molecule has 0 unspecified atom stereocenters. The van der Waals surface area contributed by atoms with E-state index in [9.17, 15) is 23.2 Å². The van der Waals surface area contributed by atoms with Crippen LogP contribution in [0, 0.1) is 11.3 Å². The van der Waals surface area contributed by atoms with Crippen molar-refractivity contribution in [2.24, 2.45) is 0 Å². The lowest BCUT2D eigenvalue weighted by molar-refractivity contribution is -0.137. The molecular formula is C19H15F3N2O3. The highest BCUT2D eigenvalue weighted by Crippen LogP contribution is 2.32. The van der Waals surface area contributed by atoms with Crippen LogP contribution >= 0.6 is 0 Å². The SMILES string of the molecule is N#CC(=Cc1ccc(-c2cccc(C(F)(F)F)c2)o1)C(=O)N1CCOCC1. The van der Waals surface area contributed by atoms with Gasteiger partial charge in [0.15, 0.2) is 0 Å². The fraction of sp³-hybridized carbons (Fsp3) is 0.263. The average molecular weight is 376 g/mol. The molecule has 1 saturated heterocycles. The molecule has 1 aromatic heterocycles.